The molecule has 0 aliphatic rings. The third kappa shape index (κ3) is 5.13. The van der Waals surface area contributed by atoms with E-state index in [1.54, 1.807) is 12.1 Å². The van der Waals surface area contributed by atoms with Crippen LogP contribution in [0.5, 0.6) is 0 Å². The van der Waals surface area contributed by atoms with Crippen LogP contribution in [0.3, 0.4) is 0 Å². The zero-order valence-electron chi connectivity index (χ0n) is 12.0. The Bertz CT molecular complexity index is 545. The highest BCUT2D eigenvalue weighted by molar-refractivity contribution is 5.82. The van der Waals surface area contributed by atoms with Crippen molar-refractivity contribution in [3.05, 3.63) is 35.4 Å². The van der Waals surface area contributed by atoms with Crippen LogP contribution in [0.4, 0.5) is 4.79 Å². The molecule has 0 spiro atoms. The minimum Gasteiger partial charge on any atom is -0.480 e. The summed E-state index contributed by atoms with van der Waals surface area (Å²) in [6.45, 7) is 1.46. The van der Waals surface area contributed by atoms with E-state index in [0.717, 1.165) is 16.0 Å². The molecular weight excluding hydrogens is 274 g/mol. The number of aryl methyl sites for hydroxylation is 1. The van der Waals surface area contributed by atoms with Crippen LogP contribution in [0.2, 0.25) is 0 Å². The lowest BCUT2D eigenvalue weighted by molar-refractivity contribution is -0.143. The van der Waals surface area contributed by atoms with E-state index in [9.17, 15) is 14.4 Å². The van der Waals surface area contributed by atoms with Gasteiger partial charge >= 0.3 is 12.0 Å². The number of primary amides is 1. The molecule has 0 aliphatic carbocycles. The van der Waals surface area contributed by atoms with Gasteiger partial charge in [-0.15, -0.1) is 0 Å². The molecule has 4 N–H and O–H groups in total. The summed E-state index contributed by atoms with van der Waals surface area (Å²) in [5.41, 5.74) is 6.82. The number of rotatable bonds is 6. The van der Waals surface area contributed by atoms with Crippen LogP contribution in [0.1, 0.15) is 23.6 Å². The number of likely N-dealkylation sites (N-methyl/N-ethyl adjacent to an activating group) is 1. The summed E-state index contributed by atoms with van der Waals surface area (Å²) in [6.07, 6.45) is -0.0580. The van der Waals surface area contributed by atoms with E-state index in [-0.39, 0.29) is 12.3 Å². The van der Waals surface area contributed by atoms with Crippen molar-refractivity contribution < 1.29 is 19.5 Å². The molecule has 1 atom stereocenters. The predicted octanol–water partition coefficient (Wildman–Crippen LogP) is 0.638. The number of nitrogens with zero attached hydrogens (tertiary/aromatic N) is 1. The molecule has 0 saturated carbocycles. The fourth-order valence-corrected chi connectivity index (χ4v) is 2.01. The first-order valence-corrected chi connectivity index (χ1v) is 6.38. The van der Waals surface area contributed by atoms with E-state index >= 15 is 0 Å². The molecule has 0 radical (unpaired) electrons. The van der Waals surface area contributed by atoms with E-state index in [0.29, 0.717) is 0 Å². The molecule has 7 heteroatoms. The molecule has 1 unspecified atom stereocenters. The van der Waals surface area contributed by atoms with Gasteiger partial charge in [-0.25, -0.2) is 4.79 Å². The van der Waals surface area contributed by atoms with Crippen molar-refractivity contribution in [3.8, 4) is 0 Å². The number of hydrogen-bond acceptors (Lipinski definition) is 3. The van der Waals surface area contributed by atoms with Crippen LogP contribution in [-0.4, -0.2) is 41.5 Å². The lowest BCUT2D eigenvalue weighted by atomic mass is 9.98. The molecule has 1 rings (SSSR count). The molecule has 21 heavy (non-hydrogen) atoms. The molecule has 7 nitrogen and oxygen atoms in total. The molecule has 114 valence electrons. The maximum Gasteiger partial charge on any atom is 0.323 e. The Kier molecular flexibility index (Phi) is 5.71. The quantitative estimate of drug-likeness (QED) is 0.714. The van der Waals surface area contributed by atoms with Crippen molar-refractivity contribution in [2.24, 2.45) is 5.73 Å². The van der Waals surface area contributed by atoms with Crippen molar-refractivity contribution in [2.45, 2.75) is 19.4 Å². The van der Waals surface area contributed by atoms with Crippen LogP contribution >= 0.6 is 0 Å². The van der Waals surface area contributed by atoms with Gasteiger partial charge in [0, 0.05) is 7.05 Å². The third-order valence-corrected chi connectivity index (χ3v) is 3.06. The van der Waals surface area contributed by atoms with Crippen molar-refractivity contribution in [3.63, 3.8) is 0 Å². The first kappa shape index (κ1) is 16.5. The number of amides is 3. The Morgan fingerprint density at radius 1 is 1.33 bits per heavy atom. The Morgan fingerprint density at radius 3 is 2.48 bits per heavy atom. The fourth-order valence-electron chi connectivity index (χ4n) is 2.01. The van der Waals surface area contributed by atoms with Gasteiger partial charge in [-0.3, -0.25) is 9.59 Å². The summed E-state index contributed by atoms with van der Waals surface area (Å²) in [7, 11) is 1.40. The highest BCUT2D eigenvalue weighted by Crippen LogP contribution is 2.21. The molecule has 0 aliphatic heterocycles. The Morgan fingerprint density at radius 2 is 1.95 bits per heavy atom. The van der Waals surface area contributed by atoms with E-state index < -0.39 is 24.6 Å². The number of nitrogens with one attached hydrogen (secondary N) is 1. The fraction of sp³-hybridized carbons (Fsp3) is 0.357. The first-order chi connectivity index (χ1) is 9.81. The smallest absolute Gasteiger partial charge is 0.323 e. The summed E-state index contributed by atoms with van der Waals surface area (Å²) in [6, 6.07) is 5.96. The van der Waals surface area contributed by atoms with Gasteiger partial charge in [0.1, 0.15) is 6.54 Å². The number of carboxylic acids is 1. The number of carboxylic acid groups (broad SMARTS) is 1. The van der Waals surface area contributed by atoms with E-state index in [4.69, 9.17) is 10.8 Å². The number of nitrogens with two attached hydrogens (primary N) is 1. The molecule has 0 fully saturated rings. The highest BCUT2D eigenvalue weighted by Gasteiger charge is 2.21. The minimum absolute atomic E-state index is 0.0580. The van der Waals surface area contributed by atoms with Gasteiger partial charge in [0.2, 0.25) is 5.91 Å². The second-order valence-electron chi connectivity index (χ2n) is 4.77. The average Bonchev–Trinajstić information content (AvgIpc) is 2.37. The van der Waals surface area contributed by atoms with Crippen molar-refractivity contribution in [1.82, 2.24) is 10.2 Å². The molecule has 3 amide bonds. The molecule has 0 aromatic heterocycles. The largest absolute Gasteiger partial charge is 0.480 e. The van der Waals surface area contributed by atoms with Gasteiger partial charge in [0.25, 0.3) is 0 Å². The molecule has 0 bridgehead atoms. The highest BCUT2D eigenvalue weighted by atomic mass is 16.4. The second-order valence-corrected chi connectivity index (χ2v) is 4.77. The number of carbonyl (C=O) groups is 3. The maximum atomic E-state index is 12.0. The Hall–Kier alpha value is -2.57. The molecule has 1 aromatic rings. The van der Waals surface area contributed by atoms with E-state index in [1.165, 1.54) is 7.05 Å². The van der Waals surface area contributed by atoms with Crippen molar-refractivity contribution in [2.75, 3.05) is 13.6 Å². The van der Waals surface area contributed by atoms with Crippen LogP contribution in [0, 0.1) is 6.92 Å². The number of benzene rings is 1. The Balaban J connectivity index is 2.89. The van der Waals surface area contributed by atoms with Crippen molar-refractivity contribution >= 4 is 17.9 Å². The number of aliphatic carboxylic acids is 1. The van der Waals surface area contributed by atoms with Gasteiger partial charge in [-0.2, -0.15) is 0 Å². The second kappa shape index (κ2) is 7.28. The van der Waals surface area contributed by atoms with Crippen LogP contribution < -0.4 is 11.1 Å². The van der Waals surface area contributed by atoms with Crippen molar-refractivity contribution in [1.29, 1.82) is 0 Å². The van der Waals surface area contributed by atoms with E-state index in [1.807, 2.05) is 19.1 Å². The summed E-state index contributed by atoms with van der Waals surface area (Å²) in [4.78, 5) is 34.9. The SMILES string of the molecule is Cc1ccccc1C(CC(=O)N(C)CC(=O)O)NC(N)=O. The van der Waals surface area contributed by atoms with Gasteiger partial charge < -0.3 is 21.1 Å². The predicted molar refractivity (Wildman–Crippen MR) is 76.5 cm³/mol. The lowest BCUT2D eigenvalue weighted by Crippen LogP contribution is -2.38. The summed E-state index contributed by atoms with van der Waals surface area (Å²) in [5.74, 6) is -1.49. The molecule has 1 aromatic carbocycles. The van der Waals surface area contributed by atoms with E-state index in [2.05, 4.69) is 5.32 Å². The van der Waals surface area contributed by atoms with Gasteiger partial charge in [-0.1, -0.05) is 24.3 Å². The Labute approximate surface area is 122 Å². The normalized spacial score (nSPS) is 11.5. The van der Waals surface area contributed by atoms with Gasteiger partial charge in [0.15, 0.2) is 0 Å². The number of hydrogen-bond donors (Lipinski definition) is 3. The lowest BCUT2D eigenvalue weighted by Gasteiger charge is -2.22. The topological polar surface area (TPSA) is 113 Å². The van der Waals surface area contributed by atoms with Gasteiger partial charge in [0.05, 0.1) is 12.5 Å². The third-order valence-electron chi connectivity index (χ3n) is 3.06. The monoisotopic (exact) mass is 293 g/mol. The van der Waals surface area contributed by atoms with Crippen LogP contribution in [0.25, 0.3) is 0 Å². The molecule has 0 saturated heterocycles. The zero-order chi connectivity index (χ0) is 16.0. The maximum absolute atomic E-state index is 12.0. The standard InChI is InChI=1S/C14H19N3O4/c1-9-5-3-4-6-10(9)11(16-14(15)21)7-12(18)17(2)8-13(19)20/h3-6,11H,7-8H2,1-2H3,(H,19,20)(H3,15,16,21). The summed E-state index contributed by atoms with van der Waals surface area (Å²) >= 11 is 0. The summed E-state index contributed by atoms with van der Waals surface area (Å²) in [5, 5.41) is 11.2. The van der Waals surface area contributed by atoms with Crippen LogP contribution in [0.15, 0.2) is 24.3 Å². The zero-order valence-corrected chi connectivity index (χ0v) is 12.0. The minimum atomic E-state index is -1.10. The molecule has 0 heterocycles. The number of urea groups is 1. The average molecular weight is 293 g/mol. The summed E-state index contributed by atoms with van der Waals surface area (Å²) < 4.78 is 0. The van der Waals surface area contributed by atoms with Gasteiger partial charge in [-0.05, 0) is 18.1 Å². The first-order valence-electron chi connectivity index (χ1n) is 6.38. The number of carbonyl (C=O) groups excluding carboxylic acids is 2. The van der Waals surface area contributed by atoms with Crippen LogP contribution in [-0.2, 0) is 9.59 Å². The molecular formula is C14H19N3O4.